The monoisotopic (exact) mass is 418 g/mol. The van der Waals surface area contributed by atoms with Crippen LogP contribution in [0.4, 0.5) is 5.69 Å². The maximum Gasteiger partial charge on any atom is 0.333 e. The zero-order valence-corrected chi connectivity index (χ0v) is 16.6. The van der Waals surface area contributed by atoms with E-state index in [0.717, 1.165) is 0 Å². The van der Waals surface area contributed by atoms with Gasteiger partial charge in [-0.25, -0.2) is 9.48 Å². The van der Waals surface area contributed by atoms with E-state index in [1.807, 2.05) is 0 Å². The normalized spacial score (nSPS) is 10.7. The predicted molar refractivity (Wildman–Crippen MR) is 112 cm³/mol. The molecule has 3 rings (SSSR count). The lowest BCUT2D eigenvalue weighted by Crippen LogP contribution is -2.04. The summed E-state index contributed by atoms with van der Waals surface area (Å²) in [4.78, 5) is 34.0. The smallest absolute Gasteiger partial charge is 0.333 e. The fraction of sp³-hybridized carbons (Fsp3) is 0.0909. The number of rotatable bonds is 8. The largest absolute Gasteiger partial charge is 0.456 e. The lowest BCUT2D eigenvalue weighted by molar-refractivity contribution is -0.384. The van der Waals surface area contributed by atoms with Crippen molar-refractivity contribution in [2.45, 2.75) is 13.5 Å². The highest BCUT2D eigenvalue weighted by molar-refractivity contribution is 6.06. The van der Waals surface area contributed by atoms with Crippen molar-refractivity contribution in [1.29, 1.82) is 0 Å². The molecule has 0 radical (unpaired) electrons. The van der Waals surface area contributed by atoms with Crippen LogP contribution in [0.5, 0.6) is 0 Å². The van der Waals surface area contributed by atoms with Crippen LogP contribution in [0.3, 0.4) is 0 Å². The topological polar surface area (TPSA) is 117 Å². The van der Waals surface area contributed by atoms with Gasteiger partial charge in [-0.15, -0.1) is 5.10 Å². The second-order valence-corrected chi connectivity index (χ2v) is 6.60. The molecule has 0 bridgehead atoms. The van der Waals surface area contributed by atoms with Crippen molar-refractivity contribution < 1.29 is 19.2 Å². The first-order chi connectivity index (χ1) is 14.8. The molecule has 0 aliphatic carbocycles. The molecule has 0 N–H and O–H groups in total. The minimum absolute atomic E-state index is 0.00989. The quantitative estimate of drug-likeness (QED) is 0.180. The van der Waals surface area contributed by atoms with E-state index in [0.29, 0.717) is 28.1 Å². The molecule has 0 unspecified atom stereocenters. The third-order valence-corrected chi connectivity index (χ3v) is 4.19. The average molecular weight is 418 g/mol. The summed E-state index contributed by atoms with van der Waals surface area (Å²) in [6.45, 7) is 5.05. The van der Waals surface area contributed by atoms with Crippen molar-refractivity contribution in [3.8, 4) is 5.69 Å². The number of hydrogen-bond acceptors (Lipinski definition) is 7. The van der Waals surface area contributed by atoms with E-state index in [1.165, 1.54) is 22.9 Å². The summed E-state index contributed by atoms with van der Waals surface area (Å²) in [6, 6.07) is 12.6. The second kappa shape index (κ2) is 9.40. The van der Waals surface area contributed by atoms with Crippen molar-refractivity contribution in [3.63, 3.8) is 0 Å². The number of ether oxygens (including phenoxy) is 1. The van der Waals surface area contributed by atoms with Crippen molar-refractivity contribution in [2.75, 3.05) is 0 Å². The molecule has 0 saturated carbocycles. The SMILES string of the molecule is C=C(C)C(=O)OCc1cn(-c2ccc(C(=O)/C=C/c3ccc([N+](=O)[O-])cc3)cc2)nn1. The first-order valence-corrected chi connectivity index (χ1v) is 9.14. The molecular formula is C22H18N4O5. The Kier molecular flexibility index (Phi) is 6.46. The minimum atomic E-state index is -0.501. The molecule has 0 spiro atoms. The Hall–Kier alpha value is -4.40. The average Bonchev–Trinajstić information content (AvgIpc) is 3.25. The summed E-state index contributed by atoms with van der Waals surface area (Å²) in [5, 5.41) is 18.6. The molecule has 2 aromatic carbocycles. The van der Waals surface area contributed by atoms with Crippen molar-refractivity contribution >= 4 is 23.5 Å². The molecule has 9 nitrogen and oxygen atoms in total. The van der Waals surface area contributed by atoms with Crippen LogP contribution in [-0.2, 0) is 16.1 Å². The molecule has 0 aliphatic heterocycles. The zero-order valence-electron chi connectivity index (χ0n) is 16.6. The molecule has 0 amide bonds. The number of aromatic nitrogens is 3. The third-order valence-electron chi connectivity index (χ3n) is 4.19. The van der Waals surface area contributed by atoms with Gasteiger partial charge in [0.2, 0.25) is 0 Å². The molecule has 156 valence electrons. The van der Waals surface area contributed by atoms with Crippen molar-refractivity contribution in [3.05, 3.63) is 99.9 Å². The molecule has 0 atom stereocenters. The second-order valence-electron chi connectivity index (χ2n) is 6.60. The number of nitro benzene ring substituents is 1. The molecule has 9 heteroatoms. The first kappa shape index (κ1) is 21.3. The van der Waals surface area contributed by atoms with Crippen molar-refractivity contribution in [1.82, 2.24) is 15.0 Å². The van der Waals surface area contributed by atoms with Gasteiger partial charge in [-0.05, 0) is 55.0 Å². The zero-order chi connectivity index (χ0) is 22.4. The Morgan fingerprint density at radius 2 is 1.84 bits per heavy atom. The van der Waals surface area contributed by atoms with Gasteiger partial charge in [0.05, 0.1) is 16.8 Å². The van der Waals surface area contributed by atoms with Crippen LogP contribution in [0.15, 0.2) is 73.0 Å². The number of hydrogen-bond donors (Lipinski definition) is 0. The number of nitro groups is 1. The van der Waals surface area contributed by atoms with Crippen molar-refractivity contribution in [2.24, 2.45) is 0 Å². The van der Waals surface area contributed by atoms with E-state index >= 15 is 0 Å². The predicted octanol–water partition coefficient (Wildman–Crippen LogP) is 3.69. The van der Waals surface area contributed by atoms with E-state index < -0.39 is 10.9 Å². The Labute approximate surface area is 177 Å². The molecule has 0 fully saturated rings. The molecule has 1 heterocycles. The number of nitrogens with zero attached hydrogens (tertiary/aromatic N) is 4. The van der Waals surface area contributed by atoms with Gasteiger partial charge in [0.25, 0.3) is 5.69 Å². The van der Waals surface area contributed by atoms with Gasteiger partial charge in [0.15, 0.2) is 5.78 Å². The Bertz CT molecular complexity index is 1160. The molecule has 3 aromatic rings. The van der Waals surface area contributed by atoms with Crippen LogP contribution in [-0.4, -0.2) is 31.7 Å². The van der Waals surface area contributed by atoms with Gasteiger partial charge < -0.3 is 4.74 Å². The van der Waals surface area contributed by atoms with Crippen LogP contribution in [0.25, 0.3) is 11.8 Å². The van der Waals surface area contributed by atoms with Gasteiger partial charge >= 0.3 is 5.97 Å². The standard InChI is InChI=1S/C22H18N4O5/c1-15(2)22(28)31-14-18-13-25(24-23-18)19-10-6-17(7-11-19)21(27)12-5-16-3-8-20(9-4-16)26(29)30/h3-13H,1,14H2,2H3/b12-5+. The van der Waals surface area contributed by atoms with Gasteiger partial charge in [0, 0.05) is 23.3 Å². The van der Waals surface area contributed by atoms with Crippen LogP contribution in [0.1, 0.15) is 28.5 Å². The number of esters is 1. The van der Waals surface area contributed by atoms with Crippen LogP contribution < -0.4 is 0 Å². The number of ketones is 1. The minimum Gasteiger partial charge on any atom is -0.456 e. The van der Waals surface area contributed by atoms with Gasteiger partial charge in [-0.2, -0.15) is 0 Å². The van der Waals surface area contributed by atoms with E-state index in [1.54, 1.807) is 55.6 Å². The van der Waals surface area contributed by atoms with Crippen LogP contribution in [0.2, 0.25) is 0 Å². The molecular weight excluding hydrogens is 400 g/mol. The van der Waals surface area contributed by atoms with Crippen LogP contribution >= 0.6 is 0 Å². The summed E-state index contributed by atoms with van der Waals surface area (Å²) in [7, 11) is 0. The first-order valence-electron chi connectivity index (χ1n) is 9.14. The maximum absolute atomic E-state index is 12.4. The molecule has 1 aromatic heterocycles. The Balaban J connectivity index is 1.63. The number of allylic oxidation sites excluding steroid dienone is 1. The molecule has 31 heavy (non-hydrogen) atoms. The van der Waals surface area contributed by atoms with E-state index in [4.69, 9.17) is 4.74 Å². The highest BCUT2D eigenvalue weighted by atomic mass is 16.6. The maximum atomic E-state index is 12.4. The van der Waals surface area contributed by atoms with E-state index in [2.05, 4.69) is 16.9 Å². The summed E-state index contributed by atoms with van der Waals surface area (Å²) < 4.78 is 6.54. The van der Waals surface area contributed by atoms with Gasteiger partial charge in [-0.1, -0.05) is 17.9 Å². The molecule has 0 aliphatic rings. The lowest BCUT2D eigenvalue weighted by atomic mass is 10.1. The Morgan fingerprint density at radius 3 is 2.45 bits per heavy atom. The number of carbonyl (C=O) groups is 2. The highest BCUT2D eigenvalue weighted by Crippen LogP contribution is 2.14. The number of carbonyl (C=O) groups excluding carboxylic acids is 2. The van der Waals surface area contributed by atoms with E-state index in [9.17, 15) is 19.7 Å². The Morgan fingerprint density at radius 1 is 1.16 bits per heavy atom. The number of benzene rings is 2. The fourth-order valence-corrected chi connectivity index (χ4v) is 2.51. The highest BCUT2D eigenvalue weighted by Gasteiger charge is 2.09. The van der Waals surface area contributed by atoms with E-state index in [-0.39, 0.29) is 18.1 Å². The number of non-ortho nitro benzene ring substituents is 1. The fourth-order valence-electron chi connectivity index (χ4n) is 2.51. The van der Waals surface area contributed by atoms with Gasteiger partial charge in [-0.3, -0.25) is 14.9 Å². The molecule has 0 saturated heterocycles. The third kappa shape index (κ3) is 5.57. The van der Waals surface area contributed by atoms with Crippen LogP contribution in [0, 0.1) is 10.1 Å². The summed E-state index contributed by atoms with van der Waals surface area (Å²) >= 11 is 0. The lowest BCUT2D eigenvalue weighted by Gasteiger charge is -2.02. The summed E-state index contributed by atoms with van der Waals surface area (Å²) in [5.41, 5.74) is 2.59. The summed E-state index contributed by atoms with van der Waals surface area (Å²) in [5.74, 6) is -0.713. The summed E-state index contributed by atoms with van der Waals surface area (Å²) in [6.07, 6.45) is 4.62. The van der Waals surface area contributed by atoms with Gasteiger partial charge in [0.1, 0.15) is 12.3 Å².